The standard InChI is InChI=1S/C19H27F2N3O5S/c1-28-17-3-2-15(30(26,27)24-8-10-29-11-9-24)12-16(17)19(25)22-14-4-6-23(7-5-14)13-18(20)21/h2-3,12,14,18H,4-11,13H2,1H3,(H,22,25). The molecule has 30 heavy (non-hydrogen) atoms. The van der Waals surface area contributed by atoms with E-state index in [2.05, 4.69) is 5.32 Å². The molecule has 0 bridgehead atoms. The number of likely N-dealkylation sites (tertiary alicyclic amines) is 1. The average molecular weight is 448 g/mol. The van der Waals surface area contributed by atoms with E-state index in [0.29, 0.717) is 39.1 Å². The van der Waals surface area contributed by atoms with Gasteiger partial charge in [0, 0.05) is 32.2 Å². The van der Waals surface area contributed by atoms with Crippen molar-refractivity contribution >= 4 is 15.9 Å². The Morgan fingerprint density at radius 2 is 1.90 bits per heavy atom. The van der Waals surface area contributed by atoms with Gasteiger partial charge < -0.3 is 14.8 Å². The van der Waals surface area contributed by atoms with Crippen LogP contribution in [0.25, 0.3) is 0 Å². The number of rotatable bonds is 7. The maximum Gasteiger partial charge on any atom is 0.255 e. The first kappa shape index (κ1) is 22.9. The highest BCUT2D eigenvalue weighted by Gasteiger charge is 2.29. The number of halogens is 2. The van der Waals surface area contributed by atoms with E-state index in [9.17, 15) is 22.0 Å². The number of benzene rings is 1. The van der Waals surface area contributed by atoms with Gasteiger partial charge in [0.05, 0.1) is 37.3 Å². The van der Waals surface area contributed by atoms with Gasteiger partial charge in [-0.25, -0.2) is 17.2 Å². The van der Waals surface area contributed by atoms with Crippen LogP contribution in [0.4, 0.5) is 8.78 Å². The Morgan fingerprint density at radius 3 is 2.50 bits per heavy atom. The zero-order valence-corrected chi connectivity index (χ0v) is 17.7. The highest BCUT2D eigenvalue weighted by Crippen LogP contribution is 2.25. The number of nitrogens with zero attached hydrogens (tertiary/aromatic N) is 2. The highest BCUT2D eigenvalue weighted by atomic mass is 32.2. The first-order chi connectivity index (χ1) is 14.3. The fourth-order valence-electron chi connectivity index (χ4n) is 3.68. The summed E-state index contributed by atoms with van der Waals surface area (Å²) in [6, 6.07) is 4.04. The molecule has 168 valence electrons. The van der Waals surface area contributed by atoms with Crippen LogP contribution in [0, 0.1) is 0 Å². The first-order valence-electron chi connectivity index (χ1n) is 9.88. The fraction of sp³-hybridized carbons (Fsp3) is 0.632. The van der Waals surface area contributed by atoms with Gasteiger partial charge in [-0.15, -0.1) is 0 Å². The van der Waals surface area contributed by atoms with Crippen molar-refractivity contribution in [3.8, 4) is 5.75 Å². The number of morpholine rings is 1. The van der Waals surface area contributed by atoms with Crippen molar-refractivity contribution < 1.29 is 31.5 Å². The molecule has 8 nitrogen and oxygen atoms in total. The van der Waals surface area contributed by atoms with E-state index in [0.717, 1.165) is 0 Å². The number of alkyl halides is 2. The molecular formula is C19H27F2N3O5S. The summed E-state index contributed by atoms with van der Waals surface area (Å²) in [5, 5.41) is 2.88. The van der Waals surface area contributed by atoms with Crippen LogP contribution >= 0.6 is 0 Å². The molecule has 0 spiro atoms. The Bertz CT molecular complexity index is 839. The van der Waals surface area contributed by atoms with Gasteiger partial charge in [0.25, 0.3) is 12.3 Å². The summed E-state index contributed by atoms with van der Waals surface area (Å²) in [5.74, 6) is -0.179. The van der Waals surface area contributed by atoms with E-state index >= 15 is 0 Å². The van der Waals surface area contributed by atoms with Crippen LogP contribution in [0.5, 0.6) is 5.75 Å². The topological polar surface area (TPSA) is 88.2 Å². The number of hydrogen-bond donors (Lipinski definition) is 1. The predicted molar refractivity (Wildman–Crippen MR) is 106 cm³/mol. The number of piperidine rings is 1. The van der Waals surface area contributed by atoms with Crippen LogP contribution in [0.1, 0.15) is 23.2 Å². The molecular weight excluding hydrogens is 420 g/mol. The van der Waals surface area contributed by atoms with Crippen molar-refractivity contribution in [1.82, 2.24) is 14.5 Å². The summed E-state index contributed by atoms with van der Waals surface area (Å²) in [5.41, 5.74) is 0.127. The van der Waals surface area contributed by atoms with E-state index in [-0.39, 0.29) is 41.9 Å². The van der Waals surface area contributed by atoms with E-state index in [1.165, 1.54) is 29.6 Å². The van der Waals surface area contributed by atoms with Gasteiger partial charge >= 0.3 is 0 Å². The molecule has 2 heterocycles. The molecule has 2 saturated heterocycles. The molecule has 0 aliphatic carbocycles. The maximum atomic E-state index is 12.9. The molecule has 11 heteroatoms. The van der Waals surface area contributed by atoms with E-state index in [1.807, 2.05) is 0 Å². The smallest absolute Gasteiger partial charge is 0.255 e. The second kappa shape index (κ2) is 9.99. The Balaban J connectivity index is 1.71. The Hall–Kier alpha value is -1.82. The lowest BCUT2D eigenvalue weighted by Crippen LogP contribution is -2.45. The summed E-state index contributed by atoms with van der Waals surface area (Å²) in [6.07, 6.45) is -1.28. The Labute approximate surface area is 175 Å². The largest absolute Gasteiger partial charge is 0.496 e. The third-order valence-electron chi connectivity index (χ3n) is 5.34. The molecule has 3 rings (SSSR count). The molecule has 2 aliphatic heterocycles. The number of amides is 1. The third-order valence-corrected chi connectivity index (χ3v) is 7.24. The van der Waals surface area contributed by atoms with E-state index < -0.39 is 22.4 Å². The lowest BCUT2D eigenvalue weighted by molar-refractivity contribution is 0.0695. The highest BCUT2D eigenvalue weighted by molar-refractivity contribution is 7.89. The van der Waals surface area contributed by atoms with E-state index in [1.54, 1.807) is 4.90 Å². The molecule has 0 saturated carbocycles. The number of sulfonamides is 1. The van der Waals surface area contributed by atoms with Crippen LogP contribution < -0.4 is 10.1 Å². The molecule has 1 N–H and O–H groups in total. The monoisotopic (exact) mass is 447 g/mol. The number of ether oxygens (including phenoxy) is 2. The van der Waals surface area contributed by atoms with E-state index in [4.69, 9.17) is 9.47 Å². The van der Waals surface area contributed by atoms with Gasteiger partial charge in [-0.3, -0.25) is 9.69 Å². The molecule has 0 unspecified atom stereocenters. The van der Waals surface area contributed by atoms with Gasteiger partial charge in [-0.2, -0.15) is 4.31 Å². The summed E-state index contributed by atoms with van der Waals surface area (Å²) in [4.78, 5) is 14.5. The lowest BCUT2D eigenvalue weighted by atomic mass is 10.0. The van der Waals surface area contributed by atoms with Crippen molar-refractivity contribution in [2.24, 2.45) is 0 Å². The first-order valence-corrected chi connectivity index (χ1v) is 11.3. The van der Waals surface area contributed by atoms with Crippen LogP contribution in [-0.2, 0) is 14.8 Å². The van der Waals surface area contributed by atoms with Gasteiger partial charge in [-0.1, -0.05) is 0 Å². The molecule has 0 aromatic heterocycles. The predicted octanol–water partition coefficient (Wildman–Crippen LogP) is 1.18. The zero-order chi connectivity index (χ0) is 21.7. The third kappa shape index (κ3) is 5.45. The minimum atomic E-state index is -3.75. The van der Waals surface area contributed by atoms with Crippen molar-refractivity contribution in [3.05, 3.63) is 23.8 Å². The second-order valence-corrected chi connectivity index (χ2v) is 9.26. The average Bonchev–Trinajstić information content (AvgIpc) is 2.75. The molecule has 0 atom stereocenters. The van der Waals surface area contributed by atoms with Crippen LogP contribution in [0.3, 0.4) is 0 Å². The minimum absolute atomic E-state index is 0.0158. The summed E-state index contributed by atoms with van der Waals surface area (Å²) in [6.45, 7) is 1.84. The van der Waals surface area contributed by atoms with Crippen LogP contribution in [0.15, 0.2) is 23.1 Å². The van der Waals surface area contributed by atoms with Crippen molar-refractivity contribution in [2.45, 2.75) is 30.2 Å². The molecule has 1 aromatic rings. The molecule has 2 fully saturated rings. The van der Waals surface area contributed by atoms with Crippen molar-refractivity contribution in [1.29, 1.82) is 0 Å². The SMILES string of the molecule is COc1ccc(S(=O)(=O)N2CCOCC2)cc1C(=O)NC1CCN(CC(F)F)CC1. The number of hydrogen-bond acceptors (Lipinski definition) is 6. The number of methoxy groups -OCH3 is 1. The van der Waals surface area contributed by atoms with Gasteiger partial charge in [-0.05, 0) is 31.0 Å². The fourth-order valence-corrected chi connectivity index (χ4v) is 5.11. The van der Waals surface area contributed by atoms with Crippen LogP contribution in [-0.4, -0.2) is 89.0 Å². The zero-order valence-electron chi connectivity index (χ0n) is 16.9. The summed E-state index contributed by atoms with van der Waals surface area (Å²) >= 11 is 0. The normalized spacial score (nSPS) is 19.7. The maximum absolute atomic E-state index is 12.9. The Kier molecular flexibility index (Phi) is 7.61. The quantitative estimate of drug-likeness (QED) is 0.675. The number of carbonyl (C=O) groups is 1. The summed E-state index contributed by atoms with van der Waals surface area (Å²) < 4.78 is 62.6. The van der Waals surface area contributed by atoms with Crippen LogP contribution in [0.2, 0.25) is 0 Å². The Morgan fingerprint density at radius 1 is 1.23 bits per heavy atom. The molecule has 0 radical (unpaired) electrons. The molecule has 1 amide bonds. The summed E-state index contributed by atoms with van der Waals surface area (Å²) in [7, 11) is -2.35. The number of nitrogens with one attached hydrogen (secondary N) is 1. The lowest BCUT2D eigenvalue weighted by Gasteiger charge is -2.32. The molecule has 2 aliphatic rings. The van der Waals surface area contributed by atoms with Crippen molar-refractivity contribution in [2.75, 3.05) is 53.0 Å². The van der Waals surface area contributed by atoms with Gasteiger partial charge in [0.1, 0.15) is 5.75 Å². The number of carbonyl (C=O) groups excluding carboxylic acids is 1. The second-order valence-electron chi connectivity index (χ2n) is 7.32. The van der Waals surface area contributed by atoms with Crippen molar-refractivity contribution in [3.63, 3.8) is 0 Å². The molecule has 1 aromatic carbocycles. The minimum Gasteiger partial charge on any atom is -0.496 e. The van der Waals surface area contributed by atoms with Gasteiger partial charge in [0.15, 0.2) is 0 Å². The van der Waals surface area contributed by atoms with Gasteiger partial charge in [0.2, 0.25) is 10.0 Å².